The smallest absolute Gasteiger partial charge is 0.329 e. The van der Waals surface area contributed by atoms with Crippen LogP contribution >= 0.6 is 23.5 Å². The Morgan fingerprint density at radius 1 is 0.728 bits per heavy atom. The van der Waals surface area contributed by atoms with Gasteiger partial charge in [-0.15, -0.1) is 12.3 Å². The van der Waals surface area contributed by atoms with Gasteiger partial charge in [-0.05, 0) is 161 Å². The fourth-order valence-electron chi connectivity index (χ4n) is 13.5. The van der Waals surface area contributed by atoms with Crippen LogP contribution in [0.1, 0.15) is 164 Å². The third kappa shape index (κ3) is 22.8. The molecule has 0 radical (unpaired) electrons. The number of rotatable bonds is 19. The van der Waals surface area contributed by atoms with Crippen LogP contribution in [0, 0.1) is 30.6 Å². The van der Waals surface area contributed by atoms with E-state index >= 15 is 14.4 Å². The molecule has 0 aromatic heterocycles. The Labute approximate surface area is 617 Å². The maximum atomic E-state index is 15.3. The van der Waals surface area contributed by atoms with Crippen molar-refractivity contribution in [2.75, 3.05) is 77.1 Å². The summed E-state index contributed by atoms with van der Waals surface area (Å²) in [6.07, 6.45) is 11.2. The lowest BCUT2D eigenvalue weighted by Crippen LogP contribution is -2.55. The Kier molecular flexibility index (Phi) is 29.8. The normalized spacial score (nSPS) is 23.3. The number of aryl methyl sites for hydroxylation is 2. The summed E-state index contributed by atoms with van der Waals surface area (Å²) < 4.78 is 18.0. The van der Waals surface area contributed by atoms with Crippen LogP contribution in [0.25, 0.3) is 0 Å². The molecule has 4 aliphatic rings. The number of fused-ring (bicyclic) bond motifs is 4. The molecule has 554 valence electrons. The number of carbonyl (C=O) groups excluding carboxylic acids is 9. The van der Waals surface area contributed by atoms with E-state index in [4.69, 9.17) is 20.6 Å². The van der Waals surface area contributed by atoms with Gasteiger partial charge in [0.05, 0.1) is 25.0 Å². The van der Waals surface area contributed by atoms with Gasteiger partial charge >= 0.3 is 11.9 Å². The summed E-state index contributed by atoms with van der Waals surface area (Å²) >= 11 is 3.41. The Balaban J connectivity index is 1.09. The van der Waals surface area contributed by atoms with E-state index in [2.05, 4.69) is 33.4 Å². The van der Waals surface area contributed by atoms with Gasteiger partial charge in [0.2, 0.25) is 35.3 Å². The summed E-state index contributed by atoms with van der Waals surface area (Å²) in [5, 5.41) is 14.1. The second-order valence-corrected chi connectivity index (χ2v) is 31.3. The lowest BCUT2D eigenvalue weighted by molar-refractivity contribution is -0.165. The summed E-state index contributed by atoms with van der Waals surface area (Å²) in [6.45, 7) is 14.1. The van der Waals surface area contributed by atoms with Gasteiger partial charge in [-0.2, -0.15) is 33.8 Å². The zero-order valence-corrected chi connectivity index (χ0v) is 63.2. The van der Waals surface area contributed by atoms with Crippen molar-refractivity contribution in [3.05, 3.63) is 143 Å². The van der Waals surface area contributed by atoms with Crippen LogP contribution in [0.3, 0.4) is 0 Å². The number of carbonyl (C=O) groups is 9. The summed E-state index contributed by atoms with van der Waals surface area (Å²) in [5.74, 6) is 0.705. The average Bonchev–Trinajstić information content (AvgIpc) is 1.80. The third-order valence-electron chi connectivity index (χ3n) is 19.9. The molecule has 6 amide bonds. The van der Waals surface area contributed by atoms with Crippen molar-refractivity contribution in [1.82, 2.24) is 29.8 Å². The van der Waals surface area contributed by atoms with Gasteiger partial charge in [-0.3, -0.25) is 38.4 Å². The van der Waals surface area contributed by atoms with E-state index in [-0.39, 0.29) is 73.8 Å². The van der Waals surface area contributed by atoms with Gasteiger partial charge in [-0.1, -0.05) is 105 Å². The highest BCUT2D eigenvalue weighted by molar-refractivity contribution is 8.00. The Morgan fingerprint density at radius 2 is 1.42 bits per heavy atom. The number of likely N-dealkylation sites (N-methyl/N-ethyl adjacent to an activating group) is 3. The monoisotopic (exact) mass is 1450 g/mol. The number of ketones is 1. The first-order chi connectivity index (χ1) is 49.3. The number of hydrogen-bond acceptors (Lipinski definition) is 17. The standard InChI is InChI=1S/C80H105N9O12S2/c1-12-13-40-80(83-84-80)41-47-102-45-24-46-103-62-39-44-85(8)74(94)66(48-54(2)3)87(10)75(95)63-32-23-43-88(63)56(5)65(49-57-25-16-14-17-26-57)86(9)76(96)72(59-27-18-15-19-28-59)82-70(91)38-37-69(90)81-61-30-22-29-60(51-61)67(36-35-58-34-33-55(4)68(50-58)99-11)101-78(98)64-31-20-21-42-89(64)77(97)73(93)79(6,7)53-100-71(92)52-62/h1,14-19,22,25-30,33-34,50-51,54,62-67,72H,5,13,20-21,23-24,31-32,35-49,52-53H2,2-4,6-11H3,(H,81,90)(H,82,91)/t62?,63-,64?,65-,66-,67+,72-/m0/s1. The summed E-state index contributed by atoms with van der Waals surface area (Å²) in [6, 6.07) is 26.6. The minimum atomic E-state index is -1.51. The Morgan fingerprint density at radius 3 is 2.13 bits per heavy atom. The highest BCUT2D eigenvalue weighted by atomic mass is 32.2. The molecule has 4 heterocycles. The molecule has 2 N–H and O–H groups in total. The maximum absolute atomic E-state index is 15.3. The van der Waals surface area contributed by atoms with Crippen molar-refractivity contribution in [3.63, 3.8) is 0 Å². The summed E-state index contributed by atoms with van der Waals surface area (Å²) in [7, 11) is 6.64. The van der Waals surface area contributed by atoms with Gasteiger partial charge in [0.25, 0.3) is 5.91 Å². The topological polar surface area (TPSA) is 246 Å². The molecule has 4 aromatic carbocycles. The number of methoxy groups -OCH3 is 1. The molecule has 21 nitrogen and oxygen atoms in total. The van der Waals surface area contributed by atoms with Crippen molar-refractivity contribution in [3.8, 4) is 18.1 Å². The molecule has 0 saturated carbocycles. The van der Waals surface area contributed by atoms with Gasteiger partial charge in [0, 0.05) is 89.5 Å². The molecular weight excluding hydrogens is 1340 g/mol. The fraction of sp³-hybridized carbons (Fsp3) is 0.537. The lowest BCUT2D eigenvalue weighted by atomic mass is 9.87. The molecule has 23 heteroatoms. The number of ether oxygens (including phenoxy) is 3. The number of esters is 2. The molecule has 2 fully saturated rings. The number of amides is 6. The number of anilines is 1. The van der Waals surface area contributed by atoms with Crippen molar-refractivity contribution in [1.29, 1.82) is 0 Å². The first-order valence-corrected chi connectivity index (χ1v) is 38.5. The van der Waals surface area contributed by atoms with Crippen LogP contribution in [-0.2, 0) is 65.5 Å². The molecular formula is C80H105N9O12S2. The molecule has 0 aliphatic carbocycles. The molecule has 2 unspecified atom stereocenters. The van der Waals surface area contributed by atoms with Crippen molar-refractivity contribution >= 4 is 82.4 Å². The number of nitrogens with one attached hydrogen (secondary N) is 2. The minimum absolute atomic E-state index is 0.00524. The first-order valence-electron chi connectivity index (χ1n) is 36.3. The number of terminal acetylenes is 1. The average molecular weight is 1450 g/mol. The van der Waals surface area contributed by atoms with Crippen LogP contribution in [0.15, 0.2) is 126 Å². The van der Waals surface area contributed by atoms with Crippen molar-refractivity contribution in [2.24, 2.45) is 21.6 Å². The molecule has 8 rings (SSSR count). The van der Waals surface area contributed by atoms with E-state index in [9.17, 15) is 28.8 Å². The highest BCUT2D eigenvalue weighted by Crippen LogP contribution is 2.38. The molecule has 2 bridgehead atoms. The molecule has 4 aromatic rings. The third-order valence-corrected chi connectivity index (χ3v) is 22.4. The van der Waals surface area contributed by atoms with Crippen molar-refractivity contribution < 1.29 is 57.4 Å². The highest BCUT2D eigenvalue weighted by Gasteiger charge is 2.45. The van der Waals surface area contributed by atoms with Gasteiger partial charge in [-0.25, -0.2) is 4.79 Å². The van der Waals surface area contributed by atoms with E-state index in [1.54, 1.807) is 129 Å². The van der Waals surface area contributed by atoms with Crippen LogP contribution in [-0.4, -0.2) is 184 Å². The second kappa shape index (κ2) is 38.3. The molecule has 7 atom stereocenters. The van der Waals surface area contributed by atoms with E-state index in [1.807, 2.05) is 80.3 Å². The van der Waals surface area contributed by atoms with E-state index < -0.39 is 89.7 Å². The zero-order valence-electron chi connectivity index (χ0n) is 61.5. The van der Waals surface area contributed by atoms with Gasteiger partial charge in [0.1, 0.15) is 42.6 Å². The van der Waals surface area contributed by atoms with Crippen LogP contribution in [0.2, 0.25) is 0 Å². The maximum Gasteiger partial charge on any atom is 0.329 e. The van der Waals surface area contributed by atoms with Gasteiger partial charge in [0.15, 0.2) is 5.66 Å². The number of nitrogens with zero attached hydrogens (tertiary/aromatic N) is 7. The minimum Gasteiger partial charge on any atom is -0.496 e. The second-order valence-electron chi connectivity index (χ2n) is 28.7. The molecule has 4 aliphatic heterocycles. The van der Waals surface area contributed by atoms with E-state index in [1.165, 1.54) is 4.90 Å². The van der Waals surface area contributed by atoms with Gasteiger partial charge < -0.3 is 49.3 Å². The lowest BCUT2D eigenvalue weighted by Gasteiger charge is -2.40. The number of cyclic esters (lactones) is 2. The largest absolute Gasteiger partial charge is 0.496 e. The number of benzene rings is 4. The first kappa shape index (κ1) is 80.2. The Hall–Kier alpha value is -8.49. The predicted molar refractivity (Wildman–Crippen MR) is 403 cm³/mol. The van der Waals surface area contributed by atoms with Crippen LogP contribution in [0.4, 0.5) is 5.69 Å². The fourth-order valence-corrected chi connectivity index (χ4v) is 15.9. The molecule has 2 saturated heterocycles. The zero-order chi connectivity index (χ0) is 74.4. The molecule has 103 heavy (non-hydrogen) atoms. The summed E-state index contributed by atoms with van der Waals surface area (Å²) in [5.41, 5.74) is 2.80. The number of piperidine rings is 1. The summed E-state index contributed by atoms with van der Waals surface area (Å²) in [4.78, 5) is 140. The number of hydrogen-bond donors (Lipinski definition) is 2. The van der Waals surface area contributed by atoms with Crippen molar-refractivity contribution in [2.45, 2.75) is 191 Å². The molecule has 0 spiro atoms. The van der Waals surface area contributed by atoms with Crippen LogP contribution < -0.4 is 15.4 Å². The van der Waals surface area contributed by atoms with Crippen LogP contribution in [0.5, 0.6) is 5.75 Å². The predicted octanol–water partition coefficient (Wildman–Crippen LogP) is 11.7. The Bertz CT molecular complexity index is 3690. The number of Topliss-reactive ketones (excluding diaryl/α,β-unsaturated/α-hetero) is 1. The van der Waals surface area contributed by atoms with E-state index in [0.717, 1.165) is 47.5 Å². The SMILES string of the molecule is C#CCCC1(CCSCCCSC2CCN(C)C(=O)[C@H](CC(C)C)N(C)C(=O)[C@@H]3CCCN3C(=C)[C@H](Cc3ccccc3)N(C)C(=O)[C@H](c3ccccc3)NC(=O)CCC(=O)Nc3cccc(c3)[C@@H](CCc3ccc(C)c(OC)c3)OC(=O)C3CCCCN3C(=O)C(=O)C(C)(C)COC(=O)C2)N=N1. The number of thioether (sulfide) groups is 2. The van der Waals surface area contributed by atoms with E-state index in [0.29, 0.717) is 98.3 Å². The quantitative estimate of drug-likeness (QED) is 0.0383.